The fraction of sp³-hybridized carbons (Fsp3) is 0.438. The van der Waals surface area contributed by atoms with Gasteiger partial charge in [-0.25, -0.2) is 4.79 Å². The van der Waals surface area contributed by atoms with Crippen molar-refractivity contribution in [2.24, 2.45) is 5.73 Å². The van der Waals surface area contributed by atoms with Crippen molar-refractivity contribution in [1.82, 2.24) is 10.2 Å². The van der Waals surface area contributed by atoms with Crippen molar-refractivity contribution >= 4 is 29.5 Å². The number of rotatable bonds is 4. The smallest absolute Gasteiger partial charge is 0.327 e. The highest BCUT2D eigenvalue weighted by Gasteiger charge is 2.64. The van der Waals surface area contributed by atoms with Gasteiger partial charge in [-0.3, -0.25) is 9.59 Å². The monoisotopic (exact) mass is 349 g/mol. The Kier molecular flexibility index (Phi) is 4.05. The molecular weight excluding hydrogens is 330 g/mol. The van der Waals surface area contributed by atoms with Gasteiger partial charge in [0, 0.05) is 4.75 Å². The number of carboxylic acids is 1. The molecule has 0 radical (unpaired) electrons. The maximum atomic E-state index is 12.3. The Morgan fingerprint density at radius 3 is 2.54 bits per heavy atom. The molecule has 2 aliphatic heterocycles. The van der Waals surface area contributed by atoms with Crippen LogP contribution in [-0.2, 0) is 14.4 Å². The Hall–Kier alpha value is -2.06. The van der Waals surface area contributed by atoms with Crippen molar-refractivity contribution in [1.29, 1.82) is 0 Å². The fourth-order valence-electron chi connectivity index (χ4n) is 3.20. The zero-order valence-electron chi connectivity index (χ0n) is 13.3. The number of nitrogens with two attached hydrogens (primary N) is 1. The molecule has 7 nitrogen and oxygen atoms in total. The molecule has 8 heteroatoms. The van der Waals surface area contributed by atoms with Gasteiger partial charge in [0.05, 0.1) is 0 Å². The van der Waals surface area contributed by atoms with Crippen LogP contribution in [0.1, 0.15) is 25.5 Å². The number of fused-ring (bicyclic) bond motifs is 1. The van der Waals surface area contributed by atoms with Crippen LogP contribution in [0.4, 0.5) is 0 Å². The van der Waals surface area contributed by atoms with E-state index < -0.39 is 34.7 Å². The van der Waals surface area contributed by atoms with Gasteiger partial charge in [0.15, 0.2) is 0 Å². The molecular formula is C16H19N3O4S. The van der Waals surface area contributed by atoms with Gasteiger partial charge in [0.2, 0.25) is 11.8 Å². The summed E-state index contributed by atoms with van der Waals surface area (Å²) in [6.45, 7) is 3.58. The van der Waals surface area contributed by atoms with E-state index in [1.54, 1.807) is 38.1 Å². The van der Waals surface area contributed by atoms with E-state index in [4.69, 9.17) is 5.73 Å². The lowest BCUT2D eigenvalue weighted by atomic mass is 9.95. The summed E-state index contributed by atoms with van der Waals surface area (Å²) >= 11 is 1.38. The molecule has 24 heavy (non-hydrogen) atoms. The Morgan fingerprint density at radius 2 is 1.96 bits per heavy atom. The summed E-state index contributed by atoms with van der Waals surface area (Å²) in [7, 11) is 0. The average molecular weight is 349 g/mol. The third-order valence-electron chi connectivity index (χ3n) is 4.41. The number of carbonyl (C=O) groups is 3. The highest BCUT2D eigenvalue weighted by atomic mass is 32.2. The predicted octanol–water partition coefficient (Wildman–Crippen LogP) is 0.318. The summed E-state index contributed by atoms with van der Waals surface area (Å²) < 4.78 is -0.618. The van der Waals surface area contributed by atoms with E-state index in [-0.39, 0.29) is 11.3 Å². The van der Waals surface area contributed by atoms with Crippen molar-refractivity contribution in [2.75, 3.05) is 0 Å². The van der Waals surface area contributed by atoms with E-state index in [0.717, 1.165) is 0 Å². The minimum atomic E-state index is -1.03. The first kappa shape index (κ1) is 16.8. The van der Waals surface area contributed by atoms with Gasteiger partial charge in [-0.2, -0.15) is 0 Å². The number of carboxylic acid groups (broad SMARTS) is 1. The maximum Gasteiger partial charge on any atom is 0.327 e. The van der Waals surface area contributed by atoms with Crippen molar-refractivity contribution in [3.8, 4) is 0 Å². The largest absolute Gasteiger partial charge is 0.480 e. The summed E-state index contributed by atoms with van der Waals surface area (Å²) in [5, 5.41) is 11.7. The number of thioether (sulfide) groups is 1. The number of nitrogens with one attached hydrogen (secondary N) is 1. The van der Waals surface area contributed by atoms with Gasteiger partial charge >= 0.3 is 5.97 Å². The van der Waals surface area contributed by atoms with Gasteiger partial charge in [0.25, 0.3) is 0 Å². The van der Waals surface area contributed by atoms with Crippen LogP contribution in [0.2, 0.25) is 0 Å². The van der Waals surface area contributed by atoms with Crippen LogP contribution in [0.25, 0.3) is 0 Å². The van der Waals surface area contributed by atoms with Gasteiger partial charge < -0.3 is 21.1 Å². The first-order valence-electron chi connectivity index (χ1n) is 7.58. The molecule has 128 valence electrons. The Balaban J connectivity index is 1.71. The van der Waals surface area contributed by atoms with Crippen molar-refractivity contribution in [2.45, 2.75) is 42.1 Å². The normalized spacial score (nSPS) is 28.7. The molecule has 0 aliphatic carbocycles. The Morgan fingerprint density at radius 1 is 1.33 bits per heavy atom. The molecule has 3 rings (SSSR count). The molecule has 2 fully saturated rings. The van der Waals surface area contributed by atoms with Crippen molar-refractivity contribution in [3.63, 3.8) is 0 Å². The van der Waals surface area contributed by atoms with Gasteiger partial charge in [-0.1, -0.05) is 30.3 Å². The highest BCUT2D eigenvalue weighted by Crippen LogP contribution is 2.50. The predicted molar refractivity (Wildman–Crippen MR) is 89.0 cm³/mol. The number of aliphatic carboxylic acids is 1. The zero-order chi connectivity index (χ0) is 17.6. The number of β-lactam (4-membered cyclic amide) rings is 1. The first-order valence-corrected chi connectivity index (χ1v) is 8.45. The number of benzene rings is 1. The number of hydrogen-bond donors (Lipinski definition) is 3. The summed E-state index contributed by atoms with van der Waals surface area (Å²) in [5.41, 5.74) is 6.59. The SMILES string of the molecule is CC1(C)S[C@H]2[C@@H](NC(=O)[C@@H](N)c3ccccc3)C(=O)N2[C@@H]1C(=O)O. The molecule has 0 aromatic heterocycles. The lowest BCUT2D eigenvalue weighted by Crippen LogP contribution is -2.71. The molecule has 2 heterocycles. The Bertz CT molecular complexity index is 694. The lowest BCUT2D eigenvalue weighted by molar-refractivity contribution is -0.161. The van der Waals surface area contributed by atoms with Crippen LogP contribution >= 0.6 is 11.8 Å². The van der Waals surface area contributed by atoms with Crippen LogP contribution in [0, 0.1) is 0 Å². The first-order chi connectivity index (χ1) is 11.2. The van der Waals surface area contributed by atoms with Gasteiger partial charge in [-0.05, 0) is 19.4 Å². The summed E-state index contributed by atoms with van der Waals surface area (Å²) in [5.74, 6) is -1.86. The number of nitrogens with zero attached hydrogens (tertiary/aromatic N) is 1. The van der Waals surface area contributed by atoms with E-state index >= 15 is 0 Å². The minimum Gasteiger partial charge on any atom is -0.480 e. The topological polar surface area (TPSA) is 113 Å². The molecule has 2 saturated heterocycles. The number of hydrogen-bond acceptors (Lipinski definition) is 5. The van der Waals surface area contributed by atoms with E-state index in [1.807, 2.05) is 6.07 Å². The molecule has 0 saturated carbocycles. The average Bonchev–Trinajstić information content (AvgIpc) is 2.80. The van der Waals surface area contributed by atoms with Crippen LogP contribution in [0.15, 0.2) is 30.3 Å². The number of amides is 2. The molecule has 2 aliphatic rings. The quantitative estimate of drug-likeness (QED) is 0.675. The molecule has 0 spiro atoms. The van der Waals surface area contributed by atoms with Gasteiger partial charge in [-0.15, -0.1) is 11.8 Å². The lowest BCUT2D eigenvalue weighted by Gasteiger charge is -2.43. The maximum absolute atomic E-state index is 12.3. The van der Waals surface area contributed by atoms with E-state index in [9.17, 15) is 19.5 Å². The van der Waals surface area contributed by atoms with Crippen LogP contribution in [-0.4, -0.2) is 50.0 Å². The minimum absolute atomic E-state index is 0.375. The Labute approximate surface area is 143 Å². The van der Waals surface area contributed by atoms with Gasteiger partial charge in [0.1, 0.15) is 23.5 Å². The highest BCUT2D eigenvalue weighted by molar-refractivity contribution is 8.01. The summed E-state index contributed by atoms with van der Waals surface area (Å²) in [6.07, 6.45) is 0. The molecule has 0 bridgehead atoms. The van der Waals surface area contributed by atoms with Crippen LogP contribution in [0.3, 0.4) is 0 Å². The summed E-state index contributed by atoms with van der Waals surface area (Å²) in [4.78, 5) is 37.5. The molecule has 4 atom stereocenters. The third-order valence-corrected chi connectivity index (χ3v) is 5.99. The van der Waals surface area contributed by atoms with Crippen molar-refractivity contribution in [3.05, 3.63) is 35.9 Å². The van der Waals surface area contributed by atoms with E-state index in [2.05, 4.69) is 5.32 Å². The second kappa shape index (κ2) is 5.78. The molecule has 2 amide bonds. The van der Waals surface area contributed by atoms with Crippen LogP contribution in [0.5, 0.6) is 0 Å². The molecule has 1 aromatic carbocycles. The standard InChI is InChI=1S/C16H19N3O4S/c1-16(2)11(15(22)23)19-13(21)10(14(19)24-16)18-12(20)9(17)8-6-4-3-5-7-8/h3-7,9-11,14H,17H2,1-2H3,(H,18,20)(H,22,23)/t9-,10-,11+,14-/m0/s1. The second-order valence-corrected chi connectivity index (χ2v) is 8.24. The molecule has 0 unspecified atom stereocenters. The molecule has 4 N–H and O–H groups in total. The van der Waals surface area contributed by atoms with E-state index in [0.29, 0.717) is 5.56 Å². The number of carbonyl (C=O) groups excluding carboxylic acids is 2. The third kappa shape index (κ3) is 2.55. The van der Waals surface area contributed by atoms with Crippen LogP contribution < -0.4 is 11.1 Å². The van der Waals surface area contributed by atoms with E-state index in [1.165, 1.54) is 16.7 Å². The zero-order valence-corrected chi connectivity index (χ0v) is 14.1. The molecule has 1 aromatic rings. The van der Waals surface area contributed by atoms with Crippen molar-refractivity contribution < 1.29 is 19.5 Å². The summed E-state index contributed by atoms with van der Waals surface area (Å²) in [6, 6.07) is 6.38. The fourth-order valence-corrected chi connectivity index (χ4v) is 4.83. The second-order valence-electron chi connectivity index (χ2n) is 6.47.